The van der Waals surface area contributed by atoms with Crippen LogP contribution < -0.4 is 0 Å². The fourth-order valence-electron chi connectivity index (χ4n) is 1.82. The van der Waals surface area contributed by atoms with Crippen molar-refractivity contribution in [3.8, 4) is 12.3 Å². The number of thioether (sulfide) groups is 1. The zero-order valence-corrected chi connectivity index (χ0v) is 9.47. The van der Waals surface area contributed by atoms with Crippen LogP contribution in [-0.2, 0) is 0 Å². The molecule has 1 aliphatic rings. The van der Waals surface area contributed by atoms with Crippen molar-refractivity contribution in [2.45, 2.75) is 11.3 Å². The summed E-state index contributed by atoms with van der Waals surface area (Å²) in [7, 11) is 4.29. The maximum atomic E-state index is 5.30. The Morgan fingerprint density at radius 2 is 2.23 bits per heavy atom. The third-order valence-electron chi connectivity index (χ3n) is 2.59. The predicted octanol–water partition coefficient (Wildman–Crippen LogP) is 0.597. The molecule has 2 unspecified atom stereocenters. The third-order valence-corrected chi connectivity index (χ3v) is 3.66. The number of terminal acetylenes is 1. The van der Waals surface area contributed by atoms with Crippen molar-refractivity contribution < 1.29 is 0 Å². The van der Waals surface area contributed by atoms with E-state index in [0.717, 1.165) is 19.6 Å². The Morgan fingerprint density at radius 3 is 2.62 bits per heavy atom. The van der Waals surface area contributed by atoms with E-state index in [-0.39, 0.29) is 0 Å². The van der Waals surface area contributed by atoms with E-state index in [1.165, 1.54) is 0 Å². The van der Waals surface area contributed by atoms with Gasteiger partial charge in [-0.3, -0.25) is 4.90 Å². The summed E-state index contributed by atoms with van der Waals surface area (Å²) >= 11 is 1.95. The lowest BCUT2D eigenvalue weighted by Crippen LogP contribution is -2.36. The van der Waals surface area contributed by atoms with Gasteiger partial charge in [-0.2, -0.15) is 11.8 Å². The number of hydrogen-bond acceptors (Lipinski definition) is 3. The molecule has 0 aromatic heterocycles. The summed E-state index contributed by atoms with van der Waals surface area (Å²) in [4.78, 5) is 4.66. The standard InChI is InChI=1S/C10H18N2S/c1-5-6-12-7-9(11(2)3)10(8-12)13-4/h1,9-10H,6-8H2,2-4H3. The summed E-state index contributed by atoms with van der Waals surface area (Å²) in [6.07, 6.45) is 7.49. The Balaban J connectivity index is 2.52. The number of likely N-dealkylation sites (N-methyl/N-ethyl adjacent to an activating group) is 1. The van der Waals surface area contributed by atoms with E-state index < -0.39 is 0 Å². The number of rotatable bonds is 3. The van der Waals surface area contributed by atoms with Gasteiger partial charge >= 0.3 is 0 Å². The first-order chi connectivity index (χ1) is 6.19. The highest BCUT2D eigenvalue weighted by atomic mass is 32.2. The molecule has 1 saturated heterocycles. The second-order valence-electron chi connectivity index (χ2n) is 3.70. The normalized spacial score (nSPS) is 29.5. The van der Waals surface area contributed by atoms with Crippen LogP contribution >= 0.6 is 11.8 Å². The van der Waals surface area contributed by atoms with Crippen LogP contribution in [0.15, 0.2) is 0 Å². The van der Waals surface area contributed by atoms with Crippen molar-refractivity contribution >= 4 is 11.8 Å². The van der Waals surface area contributed by atoms with Gasteiger partial charge in [-0.15, -0.1) is 6.42 Å². The number of hydrogen-bond donors (Lipinski definition) is 0. The molecule has 0 aromatic rings. The van der Waals surface area contributed by atoms with Gasteiger partial charge in [0.2, 0.25) is 0 Å². The highest BCUT2D eigenvalue weighted by Crippen LogP contribution is 2.23. The fraction of sp³-hybridized carbons (Fsp3) is 0.800. The molecule has 0 amide bonds. The first-order valence-electron chi connectivity index (χ1n) is 4.54. The lowest BCUT2D eigenvalue weighted by atomic mass is 10.2. The van der Waals surface area contributed by atoms with Crippen LogP contribution in [0, 0.1) is 12.3 Å². The second-order valence-corrected chi connectivity index (χ2v) is 4.78. The summed E-state index contributed by atoms with van der Waals surface area (Å²) < 4.78 is 0. The molecule has 0 aliphatic carbocycles. The lowest BCUT2D eigenvalue weighted by molar-refractivity contribution is 0.283. The smallest absolute Gasteiger partial charge is 0.0599 e. The number of likely N-dealkylation sites (tertiary alicyclic amines) is 1. The summed E-state index contributed by atoms with van der Waals surface area (Å²) in [6.45, 7) is 3.04. The third kappa shape index (κ3) is 2.63. The zero-order valence-electron chi connectivity index (χ0n) is 8.66. The van der Waals surface area contributed by atoms with Crippen LogP contribution in [-0.4, -0.2) is 61.1 Å². The molecule has 1 heterocycles. The SMILES string of the molecule is C#CCN1CC(SC)C(N(C)C)C1. The Hall–Kier alpha value is -0.170. The summed E-state index contributed by atoms with van der Waals surface area (Å²) in [5.41, 5.74) is 0. The molecule has 0 radical (unpaired) electrons. The quantitative estimate of drug-likeness (QED) is 0.613. The maximum Gasteiger partial charge on any atom is 0.0599 e. The highest BCUT2D eigenvalue weighted by Gasteiger charge is 2.32. The topological polar surface area (TPSA) is 6.48 Å². The van der Waals surface area contributed by atoms with E-state index in [4.69, 9.17) is 6.42 Å². The minimum atomic E-state index is 0.656. The van der Waals surface area contributed by atoms with Crippen molar-refractivity contribution in [1.82, 2.24) is 9.80 Å². The van der Waals surface area contributed by atoms with E-state index in [1.807, 2.05) is 11.8 Å². The zero-order chi connectivity index (χ0) is 9.84. The lowest BCUT2D eigenvalue weighted by Gasteiger charge is -2.23. The van der Waals surface area contributed by atoms with Gasteiger partial charge in [0.25, 0.3) is 0 Å². The Kier molecular flexibility index (Phi) is 4.11. The van der Waals surface area contributed by atoms with E-state index in [9.17, 15) is 0 Å². The Labute approximate surface area is 85.7 Å². The minimum Gasteiger partial charge on any atom is -0.304 e. The van der Waals surface area contributed by atoms with Crippen LogP contribution in [0.5, 0.6) is 0 Å². The second kappa shape index (κ2) is 4.90. The van der Waals surface area contributed by atoms with Gasteiger partial charge in [0.05, 0.1) is 6.54 Å². The molecular formula is C10H18N2S. The average Bonchev–Trinajstić information content (AvgIpc) is 2.48. The van der Waals surface area contributed by atoms with Crippen LogP contribution in [0.4, 0.5) is 0 Å². The molecule has 2 nitrogen and oxygen atoms in total. The number of nitrogens with zero attached hydrogens (tertiary/aromatic N) is 2. The summed E-state index contributed by atoms with van der Waals surface area (Å²) in [5.74, 6) is 2.71. The first-order valence-corrected chi connectivity index (χ1v) is 5.83. The molecule has 74 valence electrons. The van der Waals surface area contributed by atoms with E-state index in [1.54, 1.807) is 0 Å². The van der Waals surface area contributed by atoms with Crippen LogP contribution in [0.2, 0.25) is 0 Å². The molecule has 1 fully saturated rings. The molecule has 0 N–H and O–H groups in total. The van der Waals surface area contributed by atoms with E-state index in [0.29, 0.717) is 11.3 Å². The van der Waals surface area contributed by atoms with Crippen LogP contribution in [0.3, 0.4) is 0 Å². The molecule has 0 aromatic carbocycles. The molecule has 0 spiro atoms. The maximum absolute atomic E-state index is 5.30. The predicted molar refractivity (Wildman–Crippen MR) is 60.1 cm³/mol. The van der Waals surface area contributed by atoms with Crippen LogP contribution in [0.1, 0.15) is 0 Å². The molecule has 0 saturated carbocycles. The van der Waals surface area contributed by atoms with Crippen LogP contribution in [0.25, 0.3) is 0 Å². The van der Waals surface area contributed by atoms with Gasteiger partial charge in [0.15, 0.2) is 0 Å². The molecule has 3 heteroatoms. The largest absolute Gasteiger partial charge is 0.304 e. The van der Waals surface area contributed by atoms with E-state index >= 15 is 0 Å². The fourth-order valence-corrected chi connectivity index (χ4v) is 2.82. The van der Waals surface area contributed by atoms with Gasteiger partial charge in [-0.25, -0.2) is 0 Å². The van der Waals surface area contributed by atoms with Gasteiger partial charge in [-0.1, -0.05) is 5.92 Å². The van der Waals surface area contributed by atoms with Crippen molar-refractivity contribution in [2.24, 2.45) is 0 Å². The first kappa shape index (κ1) is 10.9. The van der Waals surface area contributed by atoms with Gasteiger partial charge < -0.3 is 4.90 Å². The molecule has 1 aliphatic heterocycles. The van der Waals surface area contributed by atoms with E-state index in [2.05, 4.69) is 36.1 Å². The minimum absolute atomic E-state index is 0.656. The highest BCUT2D eigenvalue weighted by molar-refractivity contribution is 7.99. The van der Waals surface area contributed by atoms with Crippen molar-refractivity contribution in [3.63, 3.8) is 0 Å². The summed E-state index contributed by atoms with van der Waals surface area (Å²) in [6, 6.07) is 0.656. The molecule has 13 heavy (non-hydrogen) atoms. The summed E-state index contributed by atoms with van der Waals surface area (Å²) in [5, 5.41) is 0.711. The molecular weight excluding hydrogens is 180 g/mol. The van der Waals surface area contributed by atoms with Gasteiger partial charge in [0.1, 0.15) is 0 Å². The van der Waals surface area contributed by atoms with Gasteiger partial charge in [-0.05, 0) is 20.4 Å². The van der Waals surface area contributed by atoms with Gasteiger partial charge in [0, 0.05) is 24.4 Å². The molecule has 1 rings (SSSR count). The molecule has 0 bridgehead atoms. The Morgan fingerprint density at radius 1 is 1.54 bits per heavy atom. The average molecular weight is 198 g/mol. The van der Waals surface area contributed by atoms with Crippen molar-refractivity contribution in [2.75, 3.05) is 40.0 Å². The van der Waals surface area contributed by atoms with Crippen molar-refractivity contribution in [3.05, 3.63) is 0 Å². The Bertz CT molecular complexity index is 198. The molecule has 2 atom stereocenters. The van der Waals surface area contributed by atoms with Crippen molar-refractivity contribution in [1.29, 1.82) is 0 Å². The monoisotopic (exact) mass is 198 g/mol.